The molecule has 0 bridgehead atoms. The lowest BCUT2D eigenvalue weighted by Crippen LogP contribution is -2.50. The minimum absolute atomic E-state index is 0.117. The van der Waals surface area contributed by atoms with Gasteiger partial charge in [0.2, 0.25) is 5.91 Å². The second-order valence-electron chi connectivity index (χ2n) is 7.49. The van der Waals surface area contributed by atoms with Crippen molar-refractivity contribution >= 4 is 17.8 Å². The SMILES string of the molecule is CCOC(=O)C1CCN(C(=O)[C@H](C)NC(=O)c2cc(-c3ccc(C)cc3)on2)CC1. The topological polar surface area (TPSA) is 102 Å². The zero-order chi connectivity index (χ0) is 21.7. The maximum atomic E-state index is 12.7. The van der Waals surface area contributed by atoms with Crippen LogP contribution in [0.5, 0.6) is 0 Å². The third-order valence-corrected chi connectivity index (χ3v) is 5.22. The molecule has 30 heavy (non-hydrogen) atoms. The number of likely N-dealkylation sites (tertiary alicyclic amines) is 1. The molecule has 3 rings (SSSR count). The molecule has 8 heteroatoms. The van der Waals surface area contributed by atoms with Crippen LogP contribution in [0.1, 0.15) is 42.7 Å². The molecule has 2 heterocycles. The van der Waals surface area contributed by atoms with Crippen LogP contribution < -0.4 is 5.32 Å². The molecule has 1 saturated heterocycles. The first-order valence-electron chi connectivity index (χ1n) is 10.2. The van der Waals surface area contributed by atoms with Crippen LogP contribution in [-0.2, 0) is 14.3 Å². The monoisotopic (exact) mass is 413 g/mol. The van der Waals surface area contributed by atoms with Gasteiger partial charge in [-0.25, -0.2) is 0 Å². The predicted molar refractivity (Wildman–Crippen MR) is 110 cm³/mol. The summed E-state index contributed by atoms with van der Waals surface area (Å²) < 4.78 is 10.3. The quantitative estimate of drug-likeness (QED) is 0.731. The summed E-state index contributed by atoms with van der Waals surface area (Å²) in [5, 5.41) is 6.50. The van der Waals surface area contributed by atoms with E-state index in [9.17, 15) is 14.4 Å². The van der Waals surface area contributed by atoms with E-state index in [1.54, 1.807) is 24.8 Å². The third kappa shape index (κ3) is 5.06. The molecule has 1 N–H and O–H groups in total. The number of benzene rings is 1. The number of nitrogens with one attached hydrogen (secondary N) is 1. The summed E-state index contributed by atoms with van der Waals surface area (Å²) >= 11 is 0. The Kier molecular flexibility index (Phi) is 6.87. The number of aryl methyl sites for hydroxylation is 1. The van der Waals surface area contributed by atoms with Gasteiger partial charge in [-0.1, -0.05) is 35.0 Å². The zero-order valence-electron chi connectivity index (χ0n) is 17.5. The van der Waals surface area contributed by atoms with Crippen molar-refractivity contribution in [3.05, 3.63) is 41.6 Å². The molecule has 2 amide bonds. The van der Waals surface area contributed by atoms with Crippen molar-refractivity contribution in [3.8, 4) is 11.3 Å². The van der Waals surface area contributed by atoms with E-state index in [-0.39, 0.29) is 23.5 Å². The van der Waals surface area contributed by atoms with Crippen LogP contribution in [-0.4, -0.2) is 53.6 Å². The number of esters is 1. The second kappa shape index (κ2) is 9.56. The first-order chi connectivity index (χ1) is 14.4. The Morgan fingerprint density at radius 1 is 1.23 bits per heavy atom. The molecule has 2 aromatic rings. The molecule has 0 spiro atoms. The molecular formula is C22H27N3O5. The average molecular weight is 413 g/mol. The Morgan fingerprint density at radius 2 is 1.90 bits per heavy atom. The van der Waals surface area contributed by atoms with Gasteiger partial charge in [0, 0.05) is 24.7 Å². The average Bonchev–Trinajstić information content (AvgIpc) is 3.24. The van der Waals surface area contributed by atoms with Gasteiger partial charge in [-0.05, 0) is 33.6 Å². The summed E-state index contributed by atoms with van der Waals surface area (Å²) in [6.07, 6.45) is 1.13. The number of amides is 2. The molecule has 0 aliphatic carbocycles. The van der Waals surface area contributed by atoms with Crippen molar-refractivity contribution in [2.45, 2.75) is 39.7 Å². The minimum atomic E-state index is -0.712. The number of nitrogens with zero attached hydrogens (tertiary/aromatic N) is 2. The van der Waals surface area contributed by atoms with Crippen molar-refractivity contribution < 1.29 is 23.6 Å². The number of rotatable bonds is 6. The number of piperidine rings is 1. The summed E-state index contributed by atoms with van der Waals surface area (Å²) in [6.45, 7) is 6.68. The van der Waals surface area contributed by atoms with Gasteiger partial charge in [0.05, 0.1) is 12.5 Å². The number of carbonyl (C=O) groups excluding carboxylic acids is 3. The largest absolute Gasteiger partial charge is 0.466 e. The Hall–Kier alpha value is -3.16. The van der Waals surface area contributed by atoms with Gasteiger partial charge in [0.25, 0.3) is 5.91 Å². The second-order valence-corrected chi connectivity index (χ2v) is 7.49. The molecule has 0 radical (unpaired) electrons. The van der Waals surface area contributed by atoms with Crippen molar-refractivity contribution in [3.63, 3.8) is 0 Å². The highest BCUT2D eigenvalue weighted by atomic mass is 16.5. The Labute approximate surface area is 175 Å². The van der Waals surface area contributed by atoms with Crippen molar-refractivity contribution in [1.82, 2.24) is 15.4 Å². The zero-order valence-corrected chi connectivity index (χ0v) is 17.5. The Morgan fingerprint density at radius 3 is 2.53 bits per heavy atom. The van der Waals surface area contributed by atoms with Gasteiger partial charge >= 0.3 is 5.97 Å². The van der Waals surface area contributed by atoms with Crippen molar-refractivity contribution in [2.24, 2.45) is 5.92 Å². The molecule has 1 aliphatic rings. The van der Waals surface area contributed by atoms with Gasteiger partial charge in [0.1, 0.15) is 6.04 Å². The lowest BCUT2D eigenvalue weighted by atomic mass is 9.96. The summed E-state index contributed by atoms with van der Waals surface area (Å²) in [6, 6.07) is 8.53. The molecule has 1 aromatic heterocycles. The maximum Gasteiger partial charge on any atom is 0.309 e. The third-order valence-electron chi connectivity index (χ3n) is 5.22. The molecule has 1 atom stereocenters. The predicted octanol–water partition coefficient (Wildman–Crippen LogP) is 2.57. The molecule has 0 unspecified atom stereocenters. The Balaban J connectivity index is 1.54. The van der Waals surface area contributed by atoms with Crippen LogP contribution in [0.3, 0.4) is 0 Å². The van der Waals surface area contributed by atoms with Crippen LogP contribution in [0.2, 0.25) is 0 Å². The van der Waals surface area contributed by atoms with E-state index < -0.39 is 11.9 Å². The van der Waals surface area contributed by atoms with E-state index in [2.05, 4.69) is 10.5 Å². The molecule has 1 aliphatic heterocycles. The molecule has 1 aromatic carbocycles. The van der Waals surface area contributed by atoms with Crippen LogP contribution >= 0.6 is 0 Å². The number of ether oxygens (including phenoxy) is 1. The molecule has 8 nitrogen and oxygen atoms in total. The van der Waals surface area contributed by atoms with Crippen LogP contribution in [0, 0.1) is 12.8 Å². The van der Waals surface area contributed by atoms with E-state index >= 15 is 0 Å². The van der Waals surface area contributed by atoms with Crippen LogP contribution in [0.4, 0.5) is 0 Å². The van der Waals surface area contributed by atoms with Gasteiger partial charge in [-0.2, -0.15) is 0 Å². The van der Waals surface area contributed by atoms with E-state index in [1.807, 2.05) is 31.2 Å². The highest BCUT2D eigenvalue weighted by molar-refractivity contribution is 5.96. The van der Waals surface area contributed by atoms with Gasteiger partial charge in [0.15, 0.2) is 11.5 Å². The van der Waals surface area contributed by atoms with E-state index in [0.29, 0.717) is 38.3 Å². The van der Waals surface area contributed by atoms with Gasteiger partial charge in [-0.3, -0.25) is 14.4 Å². The minimum Gasteiger partial charge on any atom is -0.466 e. The first-order valence-corrected chi connectivity index (χ1v) is 10.2. The van der Waals surface area contributed by atoms with Crippen molar-refractivity contribution in [2.75, 3.05) is 19.7 Å². The highest BCUT2D eigenvalue weighted by Gasteiger charge is 2.30. The molecule has 1 fully saturated rings. The van der Waals surface area contributed by atoms with Crippen molar-refractivity contribution in [1.29, 1.82) is 0 Å². The van der Waals surface area contributed by atoms with Gasteiger partial charge < -0.3 is 19.5 Å². The maximum absolute atomic E-state index is 12.7. The molecular weight excluding hydrogens is 386 g/mol. The van der Waals surface area contributed by atoms with E-state index in [4.69, 9.17) is 9.26 Å². The van der Waals surface area contributed by atoms with Crippen LogP contribution in [0.25, 0.3) is 11.3 Å². The molecule has 160 valence electrons. The summed E-state index contributed by atoms with van der Waals surface area (Å²) in [5.74, 6) is -0.553. The normalized spacial score (nSPS) is 15.5. The smallest absolute Gasteiger partial charge is 0.309 e. The van der Waals surface area contributed by atoms with E-state index in [1.165, 1.54) is 0 Å². The number of hydrogen-bond acceptors (Lipinski definition) is 6. The summed E-state index contributed by atoms with van der Waals surface area (Å²) in [4.78, 5) is 38.7. The standard InChI is InChI=1S/C22H27N3O5/c1-4-29-22(28)17-9-11-25(12-10-17)21(27)15(3)23-20(26)18-13-19(30-24-18)16-7-5-14(2)6-8-16/h5-8,13,15,17H,4,9-12H2,1-3H3,(H,23,26)/t15-/m0/s1. The fourth-order valence-electron chi connectivity index (χ4n) is 3.44. The summed E-state index contributed by atoms with van der Waals surface area (Å²) in [5.41, 5.74) is 2.06. The number of aromatic nitrogens is 1. The summed E-state index contributed by atoms with van der Waals surface area (Å²) in [7, 11) is 0. The van der Waals surface area contributed by atoms with E-state index in [0.717, 1.165) is 11.1 Å². The number of carbonyl (C=O) groups is 3. The first kappa shape index (κ1) is 21.5. The van der Waals surface area contributed by atoms with Crippen LogP contribution in [0.15, 0.2) is 34.9 Å². The Bertz CT molecular complexity index is 898. The van der Waals surface area contributed by atoms with Gasteiger partial charge in [-0.15, -0.1) is 0 Å². The molecule has 0 saturated carbocycles. The number of hydrogen-bond donors (Lipinski definition) is 1. The lowest BCUT2D eigenvalue weighted by Gasteiger charge is -2.32. The fourth-order valence-corrected chi connectivity index (χ4v) is 3.44. The highest BCUT2D eigenvalue weighted by Crippen LogP contribution is 2.21. The lowest BCUT2D eigenvalue weighted by molar-refractivity contribution is -0.151. The fraction of sp³-hybridized carbons (Fsp3) is 0.455.